The van der Waals surface area contributed by atoms with E-state index in [1.165, 1.54) is 11.4 Å². The molecule has 106 valence electrons. The van der Waals surface area contributed by atoms with Gasteiger partial charge in [0.2, 0.25) is 10.0 Å². The Kier molecular flexibility index (Phi) is 5.55. The molecule has 1 heterocycles. The van der Waals surface area contributed by atoms with E-state index in [2.05, 4.69) is 0 Å². The fourth-order valence-electron chi connectivity index (χ4n) is 2.22. The zero-order valence-corrected chi connectivity index (χ0v) is 11.6. The lowest BCUT2D eigenvalue weighted by Crippen LogP contribution is -2.46. The first-order valence-corrected chi connectivity index (χ1v) is 7.67. The Bertz CT molecular complexity index is 381. The van der Waals surface area contributed by atoms with Crippen LogP contribution in [0, 0.1) is 11.8 Å². The number of rotatable bonds is 6. The first kappa shape index (κ1) is 15.4. The van der Waals surface area contributed by atoms with E-state index in [0.717, 1.165) is 0 Å². The number of piperidine rings is 1. The summed E-state index contributed by atoms with van der Waals surface area (Å²) in [5.74, 6) is -1.42. The van der Waals surface area contributed by atoms with Gasteiger partial charge in [0.15, 0.2) is 0 Å². The first-order valence-electron chi connectivity index (χ1n) is 6.06. The van der Waals surface area contributed by atoms with Crippen LogP contribution in [0.5, 0.6) is 0 Å². The molecule has 18 heavy (non-hydrogen) atoms. The van der Waals surface area contributed by atoms with E-state index in [1.807, 2.05) is 6.92 Å². The summed E-state index contributed by atoms with van der Waals surface area (Å²) in [6.45, 7) is 2.78. The largest absolute Gasteiger partial charge is 0.481 e. The standard InChI is InChI=1S/C11H21NO5S/c1-9-6-10(11(13)14)8-12(7-9)18(15,16)5-3-4-17-2/h9-10H,3-8H2,1-2H3,(H,13,14). The smallest absolute Gasteiger partial charge is 0.307 e. The van der Waals surface area contributed by atoms with Gasteiger partial charge in [-0.2, -0.15) is 0 Å². The molecule has 1 aliphatic rings. The number of sulfonamides is 1. The monoisotopic (exact) mass is 279 g/mol. The van der Waals surface area contributed by atoms with E-state index >= 15 is 0 Å². The van der Waals surface area contributed by atoms with Crippen LogP contribution < -0.4 is 0 Å². The van der Waals surface area contributed by atoms with Crippen LogP contribution in [0.2, 0.25) is 0 Å². The van der Waals surface area contributed by atoms with Crippen LogP contribution in [0.25, 0.3) is 0 Å². The van der Waals surface area contributed by atoms with Crippen LogP contribution in [-0.4, -0.2) is 56.4 Å². The predicted molar refractivity (Wildman–Crippen MR) is 66.8 cm³/mol. The quantitative estimate of drug-likeness (QED) is 0.711. The lowest BCUT2D eigenvalue weighted by Gasteiger charge is -2.33. The fraction of sp³-hybridized carbons (Fsp3) is 0.909. The van der Waals surface area contributed by atoms with Crippen molar-refractivity contribution in [2.24, 2.45) is 11.8 Å². The molecule has 1 aliphatic heterocycles. The Morgan fingerprint density at radius 2 is 2.11 bits per heavy atom. The highest BCUT2D eigenvalue weighted by molar-refractivity contribution is 7.89. The van der Waals surface area contributed by atoms with Crippen molar-refractivity contribution in [3.05, 3.63) is 0 Å². The van der Waals surface area contributed by atoms with Crippen LogP contribution >= 0.6 is 0 Å². The summed E-state index contributed by atoms with van der Waals surface area (Å²) in [5.41, 5.74) is 0. The number of methoxy groups -OCH3 is 1. The van der Waals surface area contributed by atoms with Crippen LogP contribution in [0.15, 0.2) is 0 Å². The van der Waals surface area contributed by atoms with E-state index in [4.69, 9.17) is 9.84 Å². The number of aliphatic carboxylic acids is 1. The van der Waals surface area contributed by atoms with Crippen molar-refractivity contribution in [2.45, 2.75) is 19.8 Å². The number of carboxylic acids is 1. The summed E-state index contributed by atoms with van der Waals surface area (Å²) in [7, 11) is -1.84. The molecule has 7 heteroatoms. The number of nitrogens with zero attached hydrogens (tertiary/aromatic N) is 1. The van der Waals surface area contributed by atoms with Gasteiger partial charge >= 0.3 is 5.97 Å². The van der Waals surface area contributed by atoms with Crippen molar-refractivity contribution < 1.29 is 23.1 Å². The molecule has 1 saturated heterocycles. The van der Waals surface area contributed by atoms with E-state index in [0.29, 0.717) is 26.0 Å². The zero-order valence-electron chi connectivity index (χ0n) is 10.8. The van der Waals surface area contributed by atoms with Crippen LogP contribution in [0.1, 0.15) is 19.8 Å². The summed E-state index contributed by atoms with van der Waals surface area (Å²) in [6.07, 6.45) is 0.973. The van der Waals surface area contributed by atoms with Crippen molar-refractivity contribution in [3.8, 4) is 0 Å². The molecule has 0 aromatic rings. The molecule has 1 N–H and O–H groups in total. The normalized spacial score (nSPS) is 26.1. The van der Waals surface area contributed by atoms with Crippen molar-refractivity contribution in [1.29, 1.82) is 0 Å². The van der Waals surface area contributed by atoms with Crippen LogP contribution in [0.4, 0.5) is 0 Å². The molecule has 1 rings (SSSR count). The molecular weight excluding hydrogens is 258 g/mol. The number of hydrogen-bond acceptors (Lipinski definition) is 4. The van der Waals surface area contributed by atoms with Gasteiger partial charge < -0.3 is 9.84 Å². The molecule has 0 aliphatic carbocycles. The topological polar surface area (TPSA) is 83.9 Å². The third-order valence-corrected chi connectivity index (χ3v) is 5.01. The van der Waals surface area contributed by atoms with Crippen molar-refractivity contribution >= 4 is 16.0 Å². The van der Waals surface area contributed by atoms with Crippen LogP contribution in [0.3, 0.4) is 0 Å². The highest BCUT2D eigenvalue weighted by Crippen LogP contribution is 2.24. The van der Waals surface area contributed by atoms with Crippen molar-refractivity contribution in [1.82, 2.24) is 4.31 Å². The number of ether oxygens (including phenoxy) is 1. The Balaban J connectivity index is 2.66. The Labute approximate surface area is 108 Å². The molecule has 0 aromatic heterocycles. The second kappa shape index (κ2) is 6.49. The summed E-state index contributed by atoms with van der Waals surface area (Å²) in [4.78, 5) is 11.0. The van der Waals surface area contributed by atoms with Gasteiger partial charge in [-0.1, -0.05) is 6.92 Å². The van der Waals surface area contributed by atoms with Crippen molar-refractivity contribution in [2.75, 3.05) is 32.6 Å². The summed E-state index contributed by atoms with van der Waals surface area (Å²) in [6, 6.07) is 0. The van der Waals surface area contributed by atoms with E-state index in [-0.39, 0.29) is 18.2 Å². The lowest BCUT2D eigenvalue weighted by atomic mass is 9.92. The van der Waals surface area contributed by atoms with E-state index in [9.17, 15) is 13.2 Å². The average molecular weight is 279 g/mol. The molecule has 2 unspecified atom stereocenters. The van der Waals surface area contributed by atoms with Gasteiger partial charge in [0.05, 0.1) is 11.7 Å². The molecule has 0 bridgehead atoms. The van der Waals surface area contributed by atoms with Gasteiger partial charge in [-0.15, -0.1) is 0 Å². The maximum absolute atomic E-state index is 12.1. The maximum atomic E-state index is 12.1. The van der Waals surface area contributed by atoms with Gasteiger partial charge in [-0.25, -0.2) is 12.7 Å². The number of carbonyl (C=O) groups is 1. The molecule has 0 radical (unpaired) electrons. The second-order valence-electron chi connectivity index (χ2n) is 4.86. The minimum Gasteiger partial charge on any atom is -0.481 e. The molecule has 0 saturated carbocycles. The predicted octanol–water partition coefficient (Wildman–Crippen LogP) is 0.395. The van der Waals surface area contributed by atoms with Gasteiger partial charge in [0.25, 0.3) is 0 Å². The van der Waals surface area contributed by atoms with Gasteiger partial charge in [-0.05, 0) is 18.8 Å². The van der Waals surface area contributed by atoms with Gasteiger partial charge in [0, 0.05) is 26.8 Å². The summed E-state index contributed by atoms with van der Waals surface area (Å²) >= 11 is 0. The molecule has 2 atom stereocenters. The third-order valence-electron chi connectivity index (χ3n) is 3.12. The Hall–Kier alpha value is -0.660. The molecule has 1 fully saturated rings. The second-order valence-corrected chi connectivity index (χ2v) is 6.94. The molecule has 0 aromatic carbocycles. The number of carboxylic acid groups (broad SMARTS) is 1. The van der Waals surface area contributed by atoms with Crippen molar-refractivity contribution in [3.63, 3.8) is 0 Å². The Morgan fingerprint density at radius 3 is 2.67 bits per heavy atom. The summed E-state index contributed by atoms with van der Waals surface area (Å²) in [5, 5.41) is 9.01. The SMILES string of the molecule is COCCCS(=O)(=O)N1CC(C)CC(C(=O)O)C1. The zero-order chi connectivity index (χ0) is 13.8. The van der Waals surface area contributed by atoms with E-state index in [1.54, 1.807) is 0 Å². The molecule has 0 spiro atoms. The maximum Gasteiger partial charge on any atom is 0.307 e. The van der Waals surface area contributed by atoms with Gasteiger partial charge in [-0.3, -0.25) is 4.79 Å². The minimum absolute atomic E-state index is 0.0138. The lowest BCUT2D eigenvalue weighted by molar-refractivity contribution is -0.143. The van der Waals surface area contributed by atoms with E-state index < -0.39 is 21.9 Å². The fourth-order valence-corrected chi connectivity index (χ4v) is 3.85. The molecule has 0 amide bonds. The highest BCUT2D eigenvalue weighted by Gasteiger charge is 2.34. The number of hydrogen-bond donors (Lipinski definition) is 1. The molecular formula is C11H21NO5S. The minimum atomic E-state index is -3.36. The molecule has 6 nitrogen and oxygen atoms in total. The average Bonchev–Trinajstić information content (AvgIpc) is 2.28. The van der Waals surface area contributed by atoms with Gasteiger partial charge in [0.1, 0.15) is 0 Å². The van der Waals surface area contributed by atoms with Crippen LogP contribution in [-0.2, 0) is 19.6 Å². The third kappa shape index (κ3) is 4.22. The summed E-state index contributed by atoms with van der Waals surface area (Å²) < 4.78 is 30.2. The first-order chi connectivity index (χ1) is 8.36. The Morgan fingerprint density at radius 1 is 1.44 bits per heavy atom. The highest BCUT2D eigenvalue weighted by atomic mass is 32.2.